The van der Waals surface area contributed by atoms with E-state index >= 15 is 0 Å². The third-order valence-electron chi connectivity index (χ3n) is 4.53. The highest BCUT2D eigenvalue weighted by Crippen LogP contribution is 2.29. The van der Waals surface area contributed by atoms with E-state index in [9.17, 15) is 5.11 Å². The van der Waals surface area contributed by atoms with Crippen LogP contribution in [0.2, 0.25) is 0 Å². The Morgan fingerprint density at radius 3 is 2.79 bits per heavy atom. The predicted molar refractivity (Wildman–Crippen MR) is 93.8 cm³/mol. The van der Waals surface area contributed by atoms with Gasteiger partial charge in [0.25, 0.3) is 5.88 Å². The van der Waals surface area contributed by atoms with E-state index in [0.717, 1.165) is 37.3 Å². The molecule has 1 fully saturated rings. The molecule has 1 radical (unpaired) electrons. The number of unbranched alkanes of at least 4 members (excludes halogenated alkanes) is 1. The molecule has 0 amide bonds. The summed E-state index contributed by atoms with van der Waals surface area (Å²) in [6.45, 7) is 3.13. The second kappa shape index (κ2) is 8.15. The van der Waals surface area contributed by atoms with Gasteiger partial charge in [-0.3, -0.25) is 10.4 Å². The summed E-state index contributed by atoms with van der Waals surface area (Å²) in [4.78, 5) is 4.16. The number of hydrogen-bond donors (Lipinski definition) is 1. The van der Waals surface area contributed by atoms with Crippen LogP contribution in [0.15, 0.2) is 42.5 Å². The maximum atomic E-state index is 11.5. The third kappa shape index (κ3) is 4.26. The minimum atomic E-state index is -0.183. The minimum Gasteiger partial charge on any atom is -0.475 e. The summed E-state index contributed by atoms with van der Waals surface area (Å²) >= 11 is 0. The molecule has 1 N–H and O–H groups in total. The number of pyridine rings is 1. The van der Waals surface area contributed by atoms with Crippen LogP contribution in [-0.2, 0) is 11.5 Å². The van der Waals surface area contributed by atoms with E-state index in [1.54, 1.807) is 6.07 Å². The molecule has 1 saturated heterocycles. The van der Waals surface area contributed by atoms with Crippen molar-refractivity contribution in [2.75, 3.05) is 6.54 Å². The molecule has 2 aromatic rings. The normalized spacial score (nSPS) is 20.7. The monoisotopic (exact) mass is 325 g/mol. The van der Waals surface area contributed by atoms with Crippen molar-refractivity contribution in [2.45, 2.75) is 51.2 Å². The topological polar surface area (TPSA) is 54.0 Å². The Morgan fingerprint density at radius 2 is 2.04 bits per heavy atom. The molecule has 0 bridgehead atoms. The van der Waals surface area contributed by atoms with Crippen molar-refractivity contribution in [3.8, 4) is 11.6 Å². The van der Waals surface area contributed by atoms with Crippen LogP contribution in [0.4, 0.5) is 0 Å². The molecule has 0 spiro atoms. The largest absolute Gasteiger partial charge is 0.475 e. The Hall–Kier alpha value is -2.07. The van der Waals surface area contributed by atoms with E-state index in [1.807, 2.05) is 18.2 Å². The van der Waals surface area contributed by atoms with Gasteiger partial charge in [0.15, 0.2) is 6.23 Å². The highest BCUT2D eigenvalue weighted by molar-refractivity contribution is 5.28. The first-order valence-corrected chi connectivity index (χ1v) is 8.89. The molecular formula is C20H25N2O2. The molecule has 2 atom stereocenters. The van der Waals surface area contributed by atoms with Crippen LogP contribution in [0.1, 0.15) is 49.8 Å². The zero-order valence-corrected chi connectivity index (χ0v) is 14.2. The molecule has 0 aliphatic carbocycles. The summed E-state index contributed by atoms with van der Waals surface area (Å²) < 4.78 is 6.17. The van der Waals surface area contributed by atoms with Gasteiger partial charge in [0.2, 0.25) is 0 Å². The zero-order chi connectivity index (χ0) is 16.8. The van der Waals surface area contributed by atoms with Crippen LogP contribution in [0, 0.1) is 0 Å². The quantitative estimate of drug-likeness (QED) is 0.854. The summed E-state index contributed by atoms with van der Waals surface area (Å²) in [7, 11) is 0. The molecule has 4 heteroatoms. The number of aromatic nitrogens is 1. The van der Waals surface area contributed by atoms with Gasteiger partial charge in [-0.05, 0) is 56.0 Å². The van der Waals surface area contributed by atoms with Gasteiger partial charge >= 0.3 is 0 Å². The Kier molecular flexibility index (Phi) is 5.70. The number of piperidine rings is 1. The highest BCUT2D eigenvalue weighted by Gasteiger charge is 2.29. The summed E-state index contributed by atoms with van der Waals surface area (Å²) in [5.74, 6) is 0.780. The van der Waals surface area contributed by atoms with Crippen molar-refractivity contribution in [1.82, 2.24) is 10.3 Å². The van der Waals surface area contributed by atoms with Gasteiger partial charge in [0.05, 0.1) is 11.6 Å². The number of benzene rings is 1. The fourth-order valence-electron chi connectivity index (χ4n) is 3.19. The molecule has 1 aromatic heterocycles. The average Bonchev–Trinajstić information content (AvgIpc) is 2.62. The molecule has 2 unspecified atom stereocenters. The van der Waals surface area contributed by atoms with E-state index in [2.05, 4.69) is 29.4 Å². The summed E-state index contributed by atoms with van der Waals surface area (Å²) in [5.41, 5.74) is 2.16. The molecule has 2 heterocycles. The number of nitrogens with one attached hydrogen (secondary N) is 1. The first-order chi connectivity index (χ1) is 11.8. The minimum absolute atomic E-state index is 0.104. The van der Waals surface area contributed by atoms with Crippen molar-refractivity contribution in [3.63, 3.8) is 0 Å². The van der Waals surface area contributed by atoms with Crippen LogP contribution < -0.4 is 10.1 Å². The van der Waals surface area contributed by atoms with E-state index < -0.39 is 0 Å². The fraction of sp³-hybridized carbons (Fsp3) is 0.450. The lowest BCUT2D eigenvalue weighted by Gasteiger charge is -2.32. The second-order valence-corrected chi connectivity index (χ2v) is 6.39. The van der Waals surface area contributed by atoms with E-state index in [1.165, 1.54) is 24.5 Å². The van der Waals surface area contributed by atoms with Gasteiger partial charge in [0.1, 0.15) is 5.75 Å². The molecule has 1 aliphatic rings. The third-order valence-corrected chi connectivity index (χ3v) is 4.53. The summed E-state index contributed by atoms with van der Waals surface area (Å²) in [6.07, 6.45) is 5.42. The lowest BCUT2D eigenvalue weighted by atomic mass is 9.93. The van der Waals surface area contributed by atoms with Gasteiger partial charge in [-0.25, -0.2) is 4.98 Å². The smallest absolute Gasteiger partial charge is 0.269 e. The van der Waals surface area contributed by atoms with E-state index in [-0.39, 0.29) is 18.0 Å². The first-order valence-electron chi connectivity index (χ1n) is 8.89. The van der Waals surface area contributed by atoms with Crippen LogP contribution >= 0.6 is 0 Å². The lowest BCUT2D eigenvalue weighted by molar-refractivity contribution is 0.106. The van der Waals surface area contributed by atoms with Crippen LogP contribution in [0.3, 0.4) is 0 Å². The van der Waals surface area contributed by atoms with E-state index in [4.69, 9.17) is 4.74 Å². The molecule has 1 aromatic carbocycles. The second-order valence-electron chi connectivity index (χ2n) is 6.39. The van der Waals surface area contributed by atoms with Gasteiger partial charge < -0.3 is 4.74 Å². The maximum absolute atomic E-state index is 11.5. The molecule has 24 heavy (non-hydrogen) atoms. The van der Waals surface area contributed by atoms with Gasteiger partial charge in [-0.1, -0.05) is 31.5 Å². The number of nitrogens with zero attached hydrogens (tertiary/aromatic N) is 1. The number of hydrogen-bond acceptors (Lipinski definition) is 3. The van der Waals surface area contributed by atoms with Crippen LogP contribution in [0.25, 0.3) is 0 Å². The molecular weight excluding hydrogens is 300 g/mol. The fourth-order valence-corrected chi connectivity index (χ4v) is 3.19. The van der Waals surface area contributed by atoms with Crippen molar-refractivity contribution >= 4 is 0 Å². The first kappa shape index (κ1) is 16.8. The van der Waals surface area contributed by atoms with Gasteiger partial charge in [-0.15, -0.1) is 0 Å². The Bertz CT molecular complexity index is 642. The highest BCUT2D eigenvalue weighted by atomic mass is 16.5. The Labute approximate surface area is 143 Å². The SMILES string of the molecule is CCCCc1ccc(OC2NCCCC2c2cccc([O])n2)cc1. The molecule has 4 nitrogen and oxygen atoms in total. The predicted octanol–water partition coefficient (Wildman–Crippen LogP) is 4.44. The van der Waals surface area contributed by atoms with Crippen molar-refractivity contribution < 1.29 is 9.84 Å². The molecule has 1 aliphatic heterocycles. The van der Waals surface area contributed by atoms with Crippen LogP contribution in [0.5, 0.6) is 11.6 Å². The molecule has 127 valence electrons. The van der Waals surface area contributed by atoms with Crippen molar-refractivity contribution in [2.24, 2.45) is 0 Å². The van der Waals surface area contributed by atoms with Crippen molar-refractivity contribution in [3.05, 3.63) is 53.7 Å². The van der Waals surface area contributed by atoms with Crippen LogP contribution in [-0.4, -0.2) is 17.8 Å². The maximum Gasteiger partial charge on any atom is 0.269 e. The number of aryl methyl sites for hydroxylation is 1. The Morgan fingerprint density at radius 1 is 1.21 bits per heavy atom. The Balaban J connectivity index is 1.69. The summed E-state index contributed by atoms with van der Waals surface area (Å²) in [6, 6.07) is 13.5. The van der Waals surface area contributed by atoms with Gasteiger partial charge in [0, 0.05) is 6.07 Å². The van der Waals surface area contributed by atoms with E-state index in [0.29, 0.717) is 0 Å². The van der Waals surface area contributed by atoms with Crippen molar-refractivity contribution in [1.29, 1.82) is 0 Å². The zero-order valence-electron chi connectivity index (χ0n) is 14.2. The number of rotatable bonds is 6. The number of ether oxygens (including phenoxy) is 1. The average molecular weight is 325 g/mol. The lowest BCUT2D eigenvalue weighted by Crippen LogP contribution is -2.44. The summed E-state index contributed by atoms with van der Waals surface area (Å²) in [5, 5.41) is 15.0. The molecule has 3 rings (SSSR count). The molecule has 0 saturated carbocycles. The standard InChI is InChI=1S/C20H25N2O2/c1-2-3-6-15-10-12-16(13-11-15)24-20-17(7-5-14-21-20)18-8-4-9-19(23)22-18/h4,8-13,17,20-21H,2-3,5-7,14H2,1H3. The van der Waals surface area contributed by atoms with Gasteiger partial charge in [-0.2, -0.15) is 0 Å².